The number of nitrogens with zero attached hydrogens (tertiary/aromatic N) is 1. The lowest BCUT2D eigenvalue weighted by Gasteiger charge is -2.39. The summed E-state index contributed by atoms with van der Waals surface area (Å²) in [7, 11) is 0. The summed E-state index contributed by atoms with van der Waals surface area (Å²) in [6, 6.07) is 1.92. The first-order valence-electron chi connectivity index (χ1n) is 7.28. The Balaban J connectivity index is 1.95. The van der Waals surface area contributed by atoms with Crippen LogP contribution in [-0.4, -0.2) is 29.1 Å². The minimum absolute atomic E-state index is 0.0407. The van der Waals surface area contributed by atoms with Crippen LogP contribution in [0.4, 0.5) is 5.69 Å². The first kappa shape index (κ1) is 14.4. The minimum atomic E-state index is -0.0407. The van der Waals surface area contributed by atoms with Crippen LogP contribution < -0.4 is 16.2 Å². The third kappa shape index (κ3) is 2.52. The van der Waals surface area contributed by atoms with E-state index < -0.39 is 0 Å². The van der Waals surface area contributed by atoms with Crippen molar-refractivity contribution < 1.29 is 0 Å². The molecule has 2 aliphatic rings. The Labute approximate surface area is 129 Å². The van der Waals surface area contributed by atoms with Crippen LogP contribution in [0.25, 0.3) is 0 Å². The number of hydrogen-bond acceptors (Lipinski definition) is 5. The lowest BCUT2D eigenvalue weighted by molar-refractivity contribution is 0.318. The van der Waals surface area contributed by atoms with Crippen molar-refractivity contribution in [2.45, 2.75) is 37.0 Å². The van der Waals surface area contributed by atoms with Gasteiger partial charge < -0.3 is 10.7 Å². The molecule has 1 saturated heterocycles. The van der Waals surface area contributed by atoms with Crippen LogP contribution in [0.5, 0.6) is 0 Å². The van der Waals surface area contributed by atoms with Crippen LogP contribution in [0.3, 0.4) is 0 Å². The van der Waals surface area contributed by atoms with E-state index in [-0.39, 0.29) is 5.54 Å². The lowest BCUT2D eigenvalue weighted by Crippen LogP contribution is -2.53. The highest BCUT2D eigenvalue weighted by Crippen LogP contribution is 2.44. The first-order chi connectivity index (χ1) is 9.76. The standard InChI is InChI=1S/C14H21ClN4S/c1-2-3-4-14(12-9-16-5-6-20-12)10-8-17-13(15)7-11(10)18-19-14/h7-8,12,16,18-19H,2-6,9H2,1H3. The van der Waals surface area contributed by atoms with Gasteiger partial charge in [-0.3, -0.25) is 0 Å². The molecule has 0 spiro atoms. The fourth-order valence-corrected chi connectivity index (χ4v) is 4.61. The highest BCUT2D eigenvalue weighted by Gasteiger charge is 2.46. The quantitative estimate of drug-likeness (QED) is 0.746. The number of unbranched alkanes of at least 4 members (excludes halogenated alkanes) is 1. The van der Waals surface area contributed by atoms with E-state index in [2.05, 4.69) is 39.8 Å². The number of aromatic nitrogens is 1. The number of thioether (sulfide) groups is 1. The third-order valence-corrected chi connectivity index (χ3v) is 5.79. The Bertz CT molecular complexity index is 478. The molecule has 1 fully saturated rings. The molecule has 0 amide bonds. The molecule has 0 saturated carbocycles. The van der Waals surface area contributed by atoms with Gasteiger partial charge >= 0.3 is 0 Å². The number of nitrogens with one attached hydrogen (secondary N) is 3. The van der Waals surface area contributed by atoms with Gasteiger partial charge in [-0.2, -0.15) is 11.8 Å². The monoisotopic (exact) mass is 312 g/mol. The van der Waals surface area contributed by atoms with Gasteiger partial charge in [0, 0.05) is 41.9 Å². The predicted molar refractivity (Wildman–Crippen MR) is 86.3 cm³/mol. The summed E-state index contributed by atoms with van der Waals surface area (Å²) in [4.78, 5) is 4.30. The molecule has 110 valence electrons. The molecule has 0 bridgehead atoms. The molecule has 3 N–H and O–H groups in total. The Hall–Kier alpha value is -0.490. The normalized spacial score (nSPS) is 29.0. The lowest BCUT2D eigenvalue weighted by atomic mass is 9.83. The molecule has 3 heterocycles. The van der Waals surface area contributed by atoms with Crippen molar-refractivity contribution in [3.63, 3.8) is 0 Å². The van der Waals surface area contributed by atoms with Gasteiger partial charge in [-0.05, 0) is 6.42 Å². The molecule has 0 radical (unpaired) electrons. The molecule has 1 aromatic heterocycles. The number of halogens is 1. The third-order valence-electron chi connectivity index (χ3n) is 4.17. The maximum absolute atomic E-state index is 6.01. The van der Waals surface area contributed by atoms with E-state index in [0.717, 1.165) is 31.0 Å². The smallest absolute Gasteiger partial charge is 0.131 e. The Morgan fingerprint density at radius 3 is 3.20 bits per heavy atom. The summed E-state index contributed by atoms with van der Waals surface area (Å²) in [5, 5.41) is 4.57. The van der Waals surface area contributed by atoms with Crippen LogP contribution in [0.2, 0.25) is 5.15 Å². The molecule has 0 aromatic carbocycles. The summed E-state index contributed by atoms with van der Waals surface area (Å²) in [5.41, 5.74) is 9.18. The average Bonchev–Trinajstić information content (AvgIpc) is 2.85. The molecule has 0 aliphatic carbocycles. The molecule has 6 heteroatoms. The Morgan fingerprint density at radius 1 is 1.55 bits per heavy atom. The van der Waals surface area contributed by atoms with Gasteiger partial charge in [0.2, 0.25) is 0 Å². The second-order valence-corrected chi connectivity index (χ2v) is 7.14. The summed E-state index contributed by atoms with van der Waals surface area (Å²) in [6.45, 7) is 4.37. The summed E-state index contributed by atoms with van der Waals surface area (Å²) >= 11 is 8.06. The van der Waals surface area contributed by atoms with Crippen molar-refractivity contribution in [3.8, 4) is 0 Å². The summed E-state index contributed by atoms with van der Waals surface area (Å²) in [6.07, 6.45) is 5.46. The van der Waals surface area contributed by atoms with E-state index >= 15 is 0 Å². The Morgan fingerprint density at radius 2 is 2.45 bits per heavy atom. The van der Waals surface area contributed by atoms with Gasteiger partial charge in [0.05, 0.1) is 11.2 Å². The molecule has 2 aliphatic heterocycles. The van der Waals surface area contributed by atoms with Crippen LogP contribution in [0.15, 0.2) is 12.3 Å². The Kier molecular flexibility index (Phi) is 4.40. The van der Waals surface area contributed by atoms with Gasteiger partial charge in [0.25, 0.3) is 0 Å². The van der Waals surface area contributed by atoms with Crippen LogP contribution >= 0.6 is 23.4 Å². The van der Waals surface area contributed by atoms with E-state index in [4.69, 9.17) is 11.6 Å². The molecular formula is C14H21ClN4S. The molecule has 20 heavy (non-hydrogen) atoms. The van der Waals surface area contributed by atoms with Gasteiger partial charge in [-0.1, -0.05) is 31.4 Å². The highest BCUT2D eigenvalue weighted by molar-refractivity contribution is 8.00. The van der Waals surface area contributed by atoms with E-state index in [9.17, 15) is 0 Å². The van der Waals surface area contributed by atoms with Gasteiger partial charge in [-0.25, -0.2) is 10.4 Å². The zero-order chi connectivity index (χ0) is 14.0. The molecule has 3 rings (SSSR count). The molecule has 4 nitrogen and oxygen atoms in total. The van der Waals surface area contributed by atoms with Crippen molar-refractivity contribution >= 4 is 29.1 Å². The zero-order valence-corrected chi connectivity index (χ0v) is 13.3. The van der Waals surface area contributed by atoms with E-state index in [1.54, 1.807) is 0 Å². The van der Waals surface area contributed by atoms with Crippen molar-refractivity contribution in [1.82, 2.24) is 15.7 Å². The summed E-state index contributed by atoms with van der Waals surface area (Å²) < 4.78 is 0. The summed E-state index contributed by atoms with van der Waals surface area (Å²) in [5.74, 6) is 1.16. The maximum atomic E-state index is 6.01. The molecule has 2 atom stereocenters. The number of anilines is 1. The van der Waals surface area contributed by atoms with Crippen molar-refractivity contribution in [3.05, 3.63) is 23.0 Å². The fourth-order valence-electron chi connectivity index (χ4n) is 3.08. The van der Waals surface area contributed by atoms with Crippen molar-refractivity contribution in [1.29, 1.82) is 0 Å². The first-order valence-corrected chi connectivity index (χ1v) is 8.70. The minimum Gasteiger partial charge on any atom is -0.320 e. The highest BCUT2D eigenvalue weighted by atomic mass is 35.5. The zero-order valence-electron chi connectivity index (χ0n) is 11.7. The molecule has 1 aromatic rings. The van der Waals surface area contributed by atoms with Gasteiger partial charge in [-0.15, -0.1) is 0 Å². The average molecular weight is 313 g/mol. The van der Waals surface area contributed by atoms with Gasteiger partial charge in [0.15, 0.2) is 0 Å². The fraction of sp³-hybridized carbons (Fsp3) is 0.643. The van der Waals surface area contributed by atoms with E-state index in [0.29, 0.717) is 10.4 Å². The van der Waals surface area contributed by atoms with Crippen LogP contribution in [0.1, 0.15) is 31.7 Å². The van der Waals surface area contributed by atoms with Crippen LogP contribution in [-0.2, 0) is 5.54 Å². The van der Waals surface area contributed by atoms with E-state index in [1.807, 2.05) is 12.3 Å². The second kappa shape index (κ2) is 6.10. The SMILES string of the molecule is CCCCC1(C2CNCCS2)NNc2cc(Cl)ncc21. The molecule has 2 unspecified atom stereocenters. The van der Waals surface area contributed by atoms with Crippen molar-refractivity contribution in [2.75, 3.05) is 24.3 Å². The van der Waals surface area contributed by atoms with Crippen LogP contribution in [0, 0.1) is 0 Å². The molecular weight excluding hydrogens is 292 g/mol. The topological polar surface area (TPSA) is 49.0 Å². The number of hydrogen-bond donors (Lipinski definition) is 3. The predicted octanol–water partition coefficient (Wildman–Crippen LogP) is 2.76. The largest absolute Gasteiger partial charge is 0.320 e. The second-order valence-electron chi connectivity index (χ2n) is 5.44. The van der Waals surface area contributed by atoms with Gasteiger partial charge in [0.1, 0.15) is 5.15 Å². The maximum Gasteiger partial charge on any atom is 0.131 e. The number of hydrazine groups is 1. The number of rotatable bonds is 4. The van der Waals surface area contributed by atoms with Crippen molar-refractivity contribution in [2.24, 2.45) is 0 Å². The number of fused-ring (bicyclic) bond motifs is 1. The number of pyridine rings is 1. The van der Waals surface area contributed by atoms with E-state index in [1.165, 1.54) is 18.4 Å².